The normalized spacial score (nSPS) is 19.1. The Morgan fingerprint density at radius 3 is 3.15 bits per heavy atom. The summed E-state index contributed by atoms with van der Waals surface area (Å²) in [5, 5.41) is 9.96. The van der Waals surface area contributed by atoms with Gasteiger partial charge in [0.05, 0.1) is 31.6 Å². The van der Waals surface area contributed by atoms with Gasteiger partial charge in [-0.15, -0.1) is 11.8 Å². The Hall–Kier alpha value is -0.750. The van der Waals surface area contributed by atoms with E-state index >= 15 is 0 Å². The Balaban J connectivity index is 1.79. The molecule has 0 bridgehead atoms. The third-order valence-electron chi connectivity index (χ3n) is 3.14. The molecule has 110 valence electrons. The summed E-state index contributed by atoms with van der Waals surface area (Å²) in [6.07, 6.45) is 0. The second kappa shape index (κ2) is 7.88. The fourth-order valence-electron chi connectivity index (χ4n) is 2.10. The topological polar surface area (TPSA) is 49.8 Å². The summed E-state index contributed by atoms with van der Waals surface area (Å²) in [7, 11) is 0. The van der Waals surface area contributed by atoms with Crippen LogP contribution in [-0.4, -0.2) is 54.1 Å². The van der Waals surface area contributed by atoms with Crippen molar-refractivity contribution in [3.05, 3.63) is 34.9 Å². The van der Waals surface area contributed by atoms with Crippen molar-refractivity contribution in [1.82, 2.24) is 4.90 Å². The van der Waals surface area contributed by atoms with E-state index < -0.39 is 0 Å². The van der Waals surface area contributed by atoms with Gasteiger partial charge in [0.1, 0.15) is 0 Å². The minimum atomic E-state index is -0.206. The Kier molecular flexibility index (Phi) is 6.16. The van der Waals surface area contributed by atoms with Crippen LogP contribution in [0, 0.1) is 0 Å². The number of rotatable bonds is 5. The van der Waals surface area contributed by atoms with Crippen LogP contribution in [-0.2, 0) is 15.3 Å². The van der Waals surface area contributed by atoms with E-state index in [2.05, 4.69) is 0 Å². The number of hydrogen-bond acceptors (Lipinski definition) is 4. The molecule has 1 unspecified atom stereocenters. The van der Waals surface area contributed by atoms with Crippen molar-refractivity contribution in [2.24, 2.45) is 0 Å². The molecule has 1 heterocycles. The Morgan fingerprint density at radius 1 is 1.55 bits per heavy atom. The largest absolute Gasteiger partial charge is 0.394 e. The van der Waals surface area contributed by atoms with Crippen LogP contribution in [0.2, 0.25) is 5.02 Å². The van der Waals surface area contributed by atoms with Gasteiger partial charge in [0, 0.05) is 17.3 Å². The zero-order valence-corrected chi connectivity index (χ0v) is 12.7. The average molecular weight is 316 g/mol. The zero-order chi connectivity index (χ0) is 14.4. The van der Waals surface area contributed by atoms with E-state index in [-0.39, 0.29) is 18.6 Å². The Morgan fingerprint density at radius 2 is 2.40 bits per heavy atom. The van der Waals surface area contributed by atoms with Crippen LogP contribution in [0.15, 0.2) is 24.3 Å². The molecule has 2 rings (SSSR count). The lowest BCUT2D eigenvalue weighted by atomic mass is 10.2. The minimum Gasteiger partial charge on any atom is -0.394 e. The standard InChI is InChI=1S/C14H18ClNO3S/c15-12-3-1-2-11(6-12)9-20-10-14(18)16-4-5-19-8-13(16)7-17/h1-3,6,13,17H,4-5,7-10H2. The zero-order valence-electron chi connectivity index (χ0n) is 11.1. The monoisotopic (exact) mass is 315 g/mol. The minimum absolute atomic E-state index is 0.0509. The number of aliphatic hydroxyl groups excluding tert-OH is 1. The maximum atomic E-state index is 12.1. The van der Waals surface area contributed by atoms with Crippen molar-refractivity contribution in [3.63, 3.8) is 0 Å². The predicted octanol–water partition coefficient (Wildman–Crippen LogP) is 1.79. The quantitative estimate of drug-likeness (QED) is 0.900. The predicted molar refractivity (Wildman–Crippen MR) is 81.0 cm³/mol. The van der Waals surface area contributed by atoms with E-state index in [4.69, 9.17) is 16.3 Å². The van der Waals surface area contributed by atoms with Gasteiger partial charge >= 0.3 is 0 Å². The molecule has 0 aliphatic carbocycles. The molecule has 0 spiro atoms. The van der Waals surface area contributed by atoms with E-state index in [9.17, 15) is 9.90 Å². The van der Waals surface area contributed by atoms with Gasteiger partial charge < -0.3 is 14.7 Å². The third-order valence-corrected chi connectivity index (χ3v) is 4.37. The lowest BCUT2D eigenvalue weighted by molar-refractivity contribution is -0.138. The first kappa shape index (κ1) is 15.6. The van der Waals surface area contributed by atoms with E-state index in [0.29, 0.717) is 30.5 Å². The van der Waals surface area contributed by atoms with Crippen LogP contribution >= 0.6 is 23.4 Å². The van der Waals surface area contributed by atoms with Crippen molar-refractivity contribution in [2.45, 2.75) is 11.8 Å². The van der Waals surface area contributed by atoms with Crippen molar-refractivity contribution in [1.29, 1.82) is 0 Å². The number of morpholine rings is 1. The molecule has 1 aromatic rings. The van der Waals surface area contributed by atoms with Crippen LogP contribution < -0.4 is 0 Å². The number of ether oxygens (including phenoxy) is 1. The van der Waals surface area contributed by atoms with Crippen LogP contribution in [0.25, 0.3) is 0 Å². The fourth-order valence-corrected chi connectivity index (χ4v) is 3.17. The van der Waals surface area contributed by atoms with E-state index in [0.717, 1.165) is 11.3 Å². The van der Waals surface area contributed by atoms with Crippen LogP contribution in [0.3, 0.4) is 0 Å². The molecule has 0 aromatic heterocycles. The third kappa shape index (κ3) is 4.38. The van der Waals surface area contributed by atoms with Crippen molar-refractivity contribution in [3.8, 4) is 0 Å². The molecule has 1 atom stereocenters. The van der Waals surface area contributed by atoms with Crippen molar-refractivity contribution < 1.29 is 14.6 Å². The van der Waals surface area contributed by atoms with Crippen molar-refractivity contribution >= 4 is 29.3 Å². The van der Waals surface area contributed by atoms with Gasteiger partial charge in [-0.1, -0.05) is 23.7 Å². The van der Waals surface area contributed by atoms with Crippen molar-refractivity contribution in [2.75, 3.05) is 32.1 Å². The molecule has 6 heteroatoms. The molecular weight excluding hydrogens is 298 g/mol. The van der Waals surface area contributed by atoms with E-state index in [1.54, 1.807) is 16.7 Å². The summed E-state index contributed by atoms with van der Waals surface area (Å²) in [4.78, 5) is 13.9. The van der Waals surface area contributed by atoms with Crippen LogP contribution in [0.4, 0.5) is 0 Å². The molecule has 1 aliphatic rings. The summed E-state index contributed by atoms with van der Waals surface area (Å²) in [6.45, 7) is 1.47. The highest BCUT2D eigenvalue weighted by Crippen LogP contribution is 2.18. The fraction of sp³-hybridized carbons (Fsp3) is 0.500. The van der Waals surface area contributed by atoms with Crippen LogP contribution in [0.5, 0.6) is 0 Å². The summed E-state index contributed by atoms with van der Waals surface area (Å²) < 4.78 is 5.26. The molecule has 0 saturated carbocycles. The van der Waals surface area contributed by atoms with Gasteiger partial charge in [0.2, 0.25) is 5.91 Å². The average Bonchev–Trinajstić information content (AvgIpc) is 2.47. The van der Waals surface area contributed by atoms with Gasteiger partial charge in [-0.2, -0.15) is 0 Å². The lowest BCUT2D eigenvalue weighted by Gasteiger charge is -2.34. The highest BCUT2D eigenvalue weighted by molar-refractivity contribution is 7.99. The molecule has 1 aliphatic heterocycles. The number of halogens is 1. The van der Waals surface area contributed by atoms with Gasteiger partial charge in [0.15, 0.2) is 0 Å². The summed E-state index contributed by atoms with van der Waals surface area (Å²) >= 11 is 7.48. The number of carbonyl (C=O) groups is 1. The molecule has 1 N–H and O–H groups in total. The molecule has 1 saturated heterocycles. The lowest BCUT2D eigenvalue weighted by Crippen LogP contribution is -2.51. The summed E-state index contributed by atoms with van der Waals surface area (Å²) in [6, 6.07) is 7.44. The highest BCUT2D eigenvalue weighted by atomic mass is 35.5. The molecule has 1 amide bonds. The van der Waals surface area contributed by atoms with Crippen LogP contribution in [0.1, 0.15) is 5.56 Å². The molecule has 1 fully saturated rings. The maximum absolute atomic E-state index is 12.1. The first-order chi connectivity index (χ1) is 9.70. The highest BCUT2D eigenvalue weighted by Gasteiger charge is 2.26. The number of benzene rings is 1. The SMILES string of the molecule is O=C(CSCc1cccc(Cl)c1)N1CCOCC1CO. The van der Waals surface area contributed by atoms with Gasteiger partial charge in [0.25, 0.3) is 0 Å². The van der Waals surface area contributed by atoms with Gasteiger partial charge in [-0.3, -0.25) is 4.79 Å². The second-order valence-corrected chi connectivity index (χ2v) is 6.04. The first-order valence-corrected chi connectivity index (χ1v) is 8.04. The van der Waals surface area contributed by atoms with E-state index in [1.165, 1.54) is 0 Å². The number of hydrogen-bond donors (Lipinski definition) is 1. The first-order valence-electron chi connectivity index (χ1n) is 6.51. The second-order valence-electron chi connectivity index (χ2n) is 4.62. The number of carbonyl (C=O) groups excluding carboxylic acids is 1. The molecule has 4 nitrogen and oxygen atoms in total. The number of thioether (sulfide) groups is 1. The number of nitrogens with zero attached hydrogens (tertiary/aromatic N) is 1. The van der Waals surface area contributed by atoms with E-state index in [1.807, 2.05) is 24.3 Å². The molecule has 1 aromatic carbocycles. The summed E-state index contributed by atoms with van der Waals surface area (Å²) in [5.74, 6) is 1.21. The Bertz CT molecular complexity index is 458. The van der Waals surface area contributed by atoms with Gasteiger partial charge in [-0.25, -0.2) is 0 Å². The molecular formula is C14H18ClNO3S. The molecule has 20 heavy (non-hydrogen) atoms. The Labute approximate surface area is 128 Å². The number of aliphatic hydroxyl groups is 1. The smallest absolute Gasteiger partial charge is 0.233 e. The molecule has 0 radical (unpaired) electrons. The summed E-state index contributed by atoms with van der Waals surface area (Å²) in [5.41, 5.74) is 1.11. The number of amides is 1. The van der Waals surface area contributed by atoms with Gasteiger partial charge in [-0.05, 0) is 17.7 Å². The maximum Gasteiger partial charge on any atom is 0.233 e.